The van der Waals surface area contributed by atoms with Crippen molar-refractivity contribution in [2.75, 3.05) is 19.4 Å². The molecule has 1 heterocycles. The average molecular weight is 536 g/mol. The average Bonchev–Trinajstić information content (AvgIpc) is 3.17. The second-order valence-electron chi connectivity index (χ2n) is 11.6. The van der Waals surface area contributed by atoms with Crippen LogP contribution in [0.4, 0.5) is 18.9 Å². The fourth-order valence-electron chi connectivity index (χ4n) is 6.02. The molecule has 8 nitrogen and oxygen atoms in total. The largest absolute Gasteiger partial charge is 0.480 e. The summed E-state index contributed by atoms with van der Waals surface area (Å²) in [4.78, 5) is 25.6. The maximum absolute atomic E-state index is 13.9. The van der Waals surface area contributed by atoms with Gasteiger partial charge >= 0.3 is 12.1 Å². The summed E-state index contributed by atoms with van der Waals surface area (Å²) >= 11 is 0. The van der Waals surface area contributed by atoms with Crippen LogP contribution in [-0.4, -0.2) is 57.8 Å². The number of halogens is 3. The third-order valence-electron chi connectivity index (χ3n) is 7.96. The Morgan fingerprint density at radius 1 is 1.21 bits per heavy atom. The maximum atomic E-state index is 13.9. The number of hydrogen-bond acceptors (Lipinski definition) is 5. The normalized spacial score (nSPS) is 22.1. The molecule has 1 unspecified atom stereocenters. The molecule has 4 N–H and O–H groups in total. The number of carbonyl (C=O) groups is 2. The van der Waals surface area contributed by atoms with Crippen molar-refractivity contribution in [2.45, 2.75) is 77.1 Å². The molecular weight excluding hydrogens is 499 g/mol. The van der Waals surface area contributed by atoms with Crippen molar-refractivity contribution in [3.8, 4) is 5.69 Å². The van der Waals surface area contributed by atoms with Crippen LogP contribution in [0.2, 0.25) is 0 Å². The van der Waals surface area contributed by atoms with Gasteiger partial charge in [-0.2, -0.15) is 18.3 Å². The van der Waals surface area contributed by atoms with Gasteiger partial charge in [0.05, 0.1) is 11.3 Å². The Kier molecular flexibility index (Phi) is 7.53. The lowest BCUT2D eigenvalue weighted by Gasteiger charge is -2.35. The van der Waals surface area contributed by atoms with Crippen molar-refractivity contribution in [3.05, 3.63) is 40.7 Å². The van der Waals surface area contributed by atoms with Crippen LogP contribution in [0.5, 0.6) is 0 Å². The number of likely N-dealkylation sites (N-methyl/N-ethyl adjacent to an activating group) is 1. The fraction of sp³-hybridized carbons (Fsp3) is 0.593. The number of alkyl halides is 3. The van der Waals surface area contributed by atoms with E-state index in [2.05, 4.69) is 10.4 Å². The van der Waals surface area contributed by atoms with Gasteiger partial charge < -0.3 is 16.2 Å². The van der Waals surface area contributed by atoms with Crippen LogP contribution in [0.15, 0.2) is 18.2 Å². The van der Waals surface area contributed by atoms with E-state index in [1.54, 1.807) is 31.1 Å². The van der Waals surface area contributed by atoms with Gasteiger partial charge in [0, 0.05) is 23.0 Å². The van der Waals surface area contributed by atoms with Crippen LogP contribution in [0.3, 0.4) is 0 Å². The quantitative estimate of drug-likeness (QED) is 0.482. The second kappa shape index (κ2) is 10.2. The Balaban J connectivity index is 1.64. The third-order valence-corrected chi connectivity index (χ3v) is 7.96. The summed E-state index contributed by atoms with van der Waals surface area (Å²) in [6, 6.07) is 4.13. The second-order valence-corrected chi connectivity index (χ2v) is 11.6. The van der Waals surface area contributed by atoms with E-state index in [1.165, 1.54) is 10.7 Å². The van der Waals surface area contributed by atoms with E-state index in [9.17, 15) is 27.9 Å². The number of aromatic nitrogens is 2. The van der Waals surface area contributed by atoms with Crippen molar-refractivity contribution < 1.29 is 27.9 Å². The molecule has 0 saturated heterocycles. The Hall–Kier alpha value is -3.08. The molecular formula is C27H36F3N5O3. The van der Waals surface area contributed by atoms with Crippen molar-refractivity contribution >= 4 is 17.6 Å². The third kappa shape index (κ3) is 5.67. The van der Waals surface area contributed by atoms with E-state index >= 15 is 0 Å². The minimum absolute atomic E-state index is 0.00207. The zero-order valence-electron chi connectivity index (χ0n) is 22.2. The van der Waals surface area contributed by atoms with Gasteiger partial charge in [0.1, 0.15) is 6.04 Å². The van der Waals surface area contributed by atoms with E-state index in [1.807, 2.05) is 13.8 Å². The van der Waals surface area contributed by atoms with Gasteiger partial charge in [0.2, 0.25) is 0 Å². The number of benzene rings is 1. The summed E-state index contributed by atoms with van der Waals surface area (Å²) in [5.41, 5.74) is 6.48. The van der Waals surface area contributed by atoms with E-state index in [-0.39, 0.29) is 28.5 Å². The highest BCUT2D eigenvalue weighted by atomic mass is 19.4. The summed E-state index contributed by atoms with van der Waals surface area (Å²) in [6.45, 7) is 4.07. The standard InChI is InChI=1S/C27H36F3N5O3/c1-26(2)12-11-19-21(14-26)35(33-23(19)27(28,29)30)17-9-10-18(24(31)36)20(13-17)32-16-7-5-15(6-8-16)22(25(37)38)34(3)4/h9-10,13,15-16,22,32H,5-8,11-12,14H2,1-4H3,(H2,31,36)(H,37,38). The van der Waals surface area contributed by atoms with Gasteiger partial charge in [-0.15, -0.1) is 0 Å². The molecule has 2 aliphatic rings. The lowest BCUT2D eigenvalue weighted by atomic mass is 9.76. The predicted molar refractivity (Wildman–Crippen MR) is 137 cm³/mol. The van der Waals surface area contributed by atoms with Crippen molar-refractivity contribution in [1.29, 1.82) is 0 Å². The monoisotopic (exact) mass is 535 g/mol. The van der Waals surface area contributed by atoms with Crippen molar-refractivity contribution in [2.24, 2.45) is 17.1 Å². The molecule has 1 amide bonds. The molecule has 1 saturated carbocycles. The van der Waals surface area contributed by atoms with Crippen LogP contribution in [0, 0.1) is 11.3 Å². The molecule has 208 valence electrons. The minimum atomic E-state index is -4.57. The number of amides is 1. The lowest BCUT2D eigenvalue weighted by molar-refractivity contribution is -0.145. The summed E-state index contributed by atoms with van der Waals surface area (Å²) in [5, 5.41) is 17.0. The number of anilines is 1. The zero-order chi connectivity index (χ0) is 28.0. The molecule has 4 rings (SSSR count). The van der Waals surface area contributed by atoms with Gasteiger partial charge in [-0.25, -0.2) is 4.68 Å². The van der Waals surface area contributed by atoms with Crippen molar-refractivity contribution in [3.63, 3.8) is 0 Å². The lowest BCUT2D eigenvalue weighted by Crippen LogP contribution is -2.44. The van der Waals surface area contributed by atoms with Crippen molar-refractivity contribution in [1.82, 2.24) is 14.7 Å². The number of fused-ring (bicyclic) bond motifs is 1. The first-order valence-electron chi connectivity index (χ1n) is 13.0. The number of rotatable bonds is 7. The van der Waals surface area contributed by atoms with E-state index < -0.39 is 29.8 Å². The Morgan fingerprint density at radius 2 is 1.87 bits per heavy atom. The first kappa shape index (κ1) is 27.9. The SMILES string of the molecule is CN(C)C(C(=O)O)C1CCC(Nc2cc(-n3nc(C(F)(F)F)c4c3CC(C)(C)CC4)ccc2C(N)=O)CC1. The number of aliphatic carboxylic acids is 1. The molecule has 1 aromatic heterocycles. The molecule has 11 heteroatoms. The van der Waals surface area contributed by atoms with Gasteiger partial charge in [-0.3, -0.25) is 14.5 Å². The molecule has 0 bridgehead atoms. The highest BCUT2D eigenvalue weighted by Crippen LogP contribution is 2.42. The summed E-state index contributed by atoms with van der Waals surface area (Å²) < 4.78 is 42.9. The number of carboxylic acid groups (broad SMARTS) is 1. The molecule has 38 heavy (non-hydrogen) atoms. The van der Waals surface area contributed by atoms with Crippen LogP contribution < -0.4 is 11.1 Å². The van der Waals surface area contributed by atoms with Gasteiger partial charge in [0.25, 0.3) is 5.91 Å². The summed E-state index contributed by atoms with van der Waals surface area (Å²) in [5.74, 6) is -1.49. The number of carboxylic acids is 1. The van der Waals surface area contributed by atoms with Crippen LogP contribution in [0.25, 0.3) is 5.69 Å². The van der Waals surface area contributed by atoms with Crippen LogP contribution in [-0.2, 0) is 23.8 Å². The van der Waals surface area contributed by atoms with E-state index in [4.69, 9.17) is 5.73 Å². The predicted octanol–water partition coefficient (Wildman–Crippen LogP) is 4.49. The molecule has 2 aromatic rings. The zero-order valence-corrected chi connectivity index (χ0v) is 22.2. The topological polar surface area (TPSA) is 113 Å². The fourth-order valence-corrected chi connectivity index (χ4v) is 6.02. The Bertz CT molecular complexity index is 1210. The number of carbonyl (C=O) groups excluding carboxylic acids is 1. The summed E-state index contributed by atoms with van der Waals surface area (Å²) in [6.07, 6.45) is -0.417. The number of primary amides is 1. The van der Waals surface area contributed by atoms with E-state index in [0.717, 1.165) is 0 Å². The Morgan fingerprint density at radius 3 is 2.42 bits per heavy atom. The van der Waals surface area contributed by atoms with Crippen LogP contribution in [0.1, 0.15) is 73.3 Å². The molecule has 0 radical (unpaired) electrons. The minimum Gasteiger partial charge on any atom is -0.480 e. The Labute approximate surface area is 220 Å². The molecule has 0 aliphatic heterocycles. The first-order chi connectivity index (χ1) is 17.7. The number of nitrogens with one attached hydrogen (secondary N) is 1. The highest BCUT2D eigenvalue weighted by molar-refractivity contribution is 5.99. The van der Waals surface area contributed by atoms with Gasteiger partial charge in [-0.05, 0) is 88.6 Å². The highest BCUT2D eigenvalue weighted by Gasteiger charge is 2.42. The maximum Gasteiger partial charge on any atom is 0.435 e. The summed E-state index contributed by atoms with van der Waals surface area (Å²) in [7, 11) is 3.51. The molecule has 0 spiro atoms. The van der Waals surface area contributed by atoms with E-state index in [0.29, 0.717) is 62.0 Å². The number of nitrogens with zero attached hydrogens (tertiary/aromatic N) is 3. The number of hydrogen-bond donors (Lipinski definition) is 3. The van der Waals surface area contributed by atoms with Gasteiger partial charge in [-0.1, -0.05) is 13.8 Å². The molecule has 1 aromatic carbocycles. The molecule has 1 atom stereocenters. The van der Waals surface area contributed by atoms with Gasteiger partial charge in [0.15, 0.2) is 5.69 Å². The van der Waals surface area contributed by atoms with Crippen LogP contribution >= 0.6 is 0 Å². The molecule has 1 fully saturated rings. The molecule has 2 aliphatic carbocycles. The smallest absolute Gasteiger partial charge is 0.435 e. The first-order valence-corrected chi connectivity index (χ1v) is 13.0. The number of nitrogens with two attached hydrogens (primary N) is 1.